The van der Waals surface area contributed by atoms with Gasteiger partial charge in [0.1, 0.15) is 0 Å². The second-order valence-electron chi connectivity index (χ2n) is 5.63. The standard InChI is InChI=1S/C17H36O2/c1-4-6-8-10-12-17(13-11-9-7-5-2)16-19-15-14-18-3/h17H,4-16H2,1-3H3. The zero-order valence-electron chi connectivity index (χ0n) is 13.6. The molecule has 0 N–H and O–H groups in total. The average molecular weight is 272 g/mol. The maximum atomic E-state index is 5.73. The fourth-order valence-electron chi connectivity index (χ4n) is 2.42. The molecule has 0 aromatic rings. The summed E-state index contributed by atoms with van der Waals surface area (Å²) < 4.78 is 10.8. The predicted octanol–water partition coefficient (Wildman–Crippen LogP) is 5.21. The Kier molecular flexibility index (Phi) is 15.9. The van der Waals surface area contributed by atoms with Crippen molar-refractivity contribution in [2.75, 3.05) is 26.9 Å². The van der Waals surface area contributed by atoms with E-state index in [1.54, 1.807) is 7.11 Å². The van der Waals surface area contributed by atoms with Crippen LogP contribution in [0, 0.1) is 5.92 Å². The molecule has 0 unspecified atom stereocenters. The van der Waals surface area contributed by atoms with Crippen LogP contribution in [0.4, 0.5) is 0 Å². The zero-order chi connectivity index (χ0) is 14.2. The summed E-state index contributed by atoms with van der Waals surface area (Å²) in [4.78, 5) is 0. The third kappa shape index (κ3) is 14.1. The summed E-state index contributed by atoms with van der Waals surface area (Å²) in [6.45, 7) is 6.95. The van der Waals surface area contributed by atoms with Crippen LogP contribution in [0.15, 0.2) is 0 Å². The van der Waals surface area contributed by atoms with Crippen molar-refractivity contribution in [1.82, 2.24) is 0 Å². The molecule has 2 nitrogen and oxygen atoms in total. The number of unbranched alkanes of at least 4 members (excludes halogenated alkanes) is 6. The summed E-state index contributed by atoms with van der Waals surface area (Å²) in [7, 11) is 1.73. The van der Waals surface area contributed by atoms with Crippen molar-refractivity contribution >= 4 is 0 Å². The van der Waals surface area contributed by atoms with Gasteiger partial charge < -0.3 is 9.47 Å². The van der Waals surface area contributed by atoms with Crippen molar-refractivity contribution in [3.8, 4) is 0 Å². The summed E-state index contributed by atoms with van der Waals surface area (Å²) in [6.07, 6.45) is 13.6. The van der Waals surface area contributed by atoms with E-state index in [0.717, 1.165) is 25.7 Å². The Morgan fingerprint density at radius 2 is 1.32 bits per heavy atom. The molecule has 0 aliphatic rings. The van der Waals surface area contributed by atoms with E-state index in [1.165, 1.54) is 64.2 Å². The van der Waals surface area contributed by atoms with Crippen molar-refractivity contribution in [3.63, 3.8) is 0 Å². The number of hydrogen-bond acceptors (Lipinski definition) is 2. The van der Waals surface area contributed by atoms with Crippen LogP contribution >= 0.6 is 0 Å². The molecule has 19 heavy (non-hydrogen) atoms. The van der Waals surface area contributed by atoms with Crippen LogP contribution in [0.2, 0.25) is 0 Å². The van der Waals surface area contributed by atoms with Crippen LogP contribution in [-0.2, 0) is 9.47 Å². The fraction of sp³-hybridized carbons (Fsp3) is 1.00. The molecule has 0 heterocycles. The molecular formula is C17H36O2. The highest BCUT2D eigenvalue weighted by molar-refractivity contribution is 4.60. The summed E-state index contributed by atoms with van der Waals surface area (Å²) in [6, 6.07) is 0. The SMILES string of the molecule is CCCCCCC(CCCCCC)COCCOC. The van der Waals surface area contributed by atoms with Gasteiger partial charge in [0.2, 0.25) is 0 Å². The number of hydrogen-bond donors (Lipinski definition) is 0. The second kappa shape index (κ2) is 16.0. The van der Waals surface area contributed by atoms with Crippen LogP contribution in [0.3, 0.4) is 0 Å². The Hall–Kier alpha value is -0.0800. The predicted molar refractivity (Wildman–Crippen MR) is 83.7 cm³/mol. The second-order valence-corrected chi connectivity index (χ2v) is 5.63. The third-order valence-corrected chi connectivity index (χ3v) is 3.72. The maximum absolute atomic E-state index is 5.73. The molecule has 0 atom stereocenters. The lowest BCUT2D eigenvalue weighted by Gasteiger charge is -2.17. The highest BCUT2D eigenvalue weighted by atomic mass is 16.5. The highest BCUT2D eigenvalue weighted by Crippen LogP contribution is 2.18. The van der Waals surface area contributed by atoms with E-state index < -0.39 is 0 Å². The number of ether oxygens (including phenoxy) is 2. The van der Waals surface area contributed by atoms with Gasteiger partial charge in [0.05, 0.1) is 13.2 Å². The van der Waals surface area contributed by atoms with E-state index in [0.29, 0.717) is 0 Å². The van der Waals surface area contributed by atoms with Crippen LogP contribution in [0.5, 0.6) is 0 Å². The van der Waals surface area contributed by atoms with Gasteiger partial charge >= 0.3 is 0 Å². The summed E-state index contributed by atoms with van der Waals surface area (Å²) in [5.41, 5.74) is 0. The van der Waals surface area contributed by atoms with Gasteiger partial charge in [0.25, 0.3) is 0 Å². The van der Waals surface area contributed by atoms with Gasteiger partial charge in [-0.05, 0) is 18.8 Å². The van der Waals surface area contributed by atoms with Crippen molar-refractivity contribution in [2.45, 2.75) is 78.1 Å². The van der Waals surface area contributed by atoms with Gasteiger partial charge in [0.15, 0.2) is 0 Å². The van der Waals surface area contributed by atoms with Crippen molar-refractivity contribution < 1.29 is 9.47 Å². The first-order valence-corrected chi connectivity index (χ1v) is 8.41. The van der Waals surface area contributed by atoms with E-state index in [-0.39, 0.29) is 0 Å². The van der Waals surface area contributed by atoms with E-state index in [9.17, 15) is 0 Å². The molecule has 116 valence electrons. The van der Waals surface area contributed by atoms with Gasteiger partial charge in [-0.15, -0.1) is 0 Å². The smallest absolute Gasteiger partial charge is 0.0700 e. The Bertz CT molecular complexity index is 131. The average Bonchev–Trinajstić information content (AvgIpc) is 2.43. The van der Waals surface area contributed by atoms with Crippen molar-refractivity contribution in [2.24, 2.45) is 5.92 Å². The molecule has 0 aliphatic heterocycles. The van der Waals surface area contributed by atoms with E-state index in [2.05, 4.69) is 13.8 Å². The molecule has 0 saturated heterocycles. The van der Waals surface area contributed by atoms with Gasteiger partial charge in [-0.25, -0.2) is 0 Å². The van der Waals surface area contributed by atoms with Crippen molar-refractivity contribution in [3.05, 3.63) is 0 Å². The minimum absolute atomic E-state index is 0.721. The molecule has 0 amide bonds. The molecule has 2 heteroatoms. The number of rotatable bonds is 15. The third-order valence-electron chi connectivity index (χ3n) is 3.72. The quantitative estimate of drug-likeness (QED) is 0.381. The summed E-state index contributed by atoms with van der Waals surface area (Å²) in [5.74, 6) is 0.769. The van der Waals surface area contributed by atoms with E-state index in [1.807, 2.05) is 0 Å². The lowest BCUT2D eigenvalue weighted by molar-refractivity contribution is 0.0469. The van der Waals surface area contributed by atoms with Gasteiger partial charge in [0, 0.05) is 13.7 Å². The van der Waals surface area contributed by atoms with E-state index >= 15 is 0 Å². The first-order chi connectivity index (χ1) is 9.35. The van der Waals surface area contributed by atoms with Crippen LogP contribution in [0.25, 0.3) is 0 Å². The van der Waals surface area contributed by atoms with Gasteiger partial charge in [-0.2, -0.15) is 0 Å². The molecule has 0 fully saturated rings. The normalized spacial score (nSPS) is 11.4. The van der Waals surface area contributed by atoms with Gasteiger partial charge in [-0.1, -0.05) is 65.2 Å². The maximum Gasteiger partial charge on any atom is 0.0700 e. The molecule has 0 aliphatic carbocycles. The molecule has 0 rings (SSSR count). The highest BCUT2D eigenvalue weighted by Gasteiger charge is 2.08. The van der Waals surface area contributed by atoms with Crippen LogP contribution < -0.4 is 0 Å². The lowest BCUT2D eigenvalue weighted by atomic mass is 9.95. The monoisotopic (exact) mass is 272 g/mol. The molecule has 0 saturated carbocycles. The Labute approximate surface area is 121 Å². The first-order valence-electron chi connectivity index (χ1n) is 8.41. The number of methoxy groups -OCH3 is 1. The summed E-state index contributed by atoms with van der Waals surface area (Å²) >= 11 is 0. The largest absolute Gasteiger partial charge is 0.382 e. The minimum atomic E-state index is 0.721. The first kappa shape index (κ1) is 18.9. The van der Waals surface area contributed by atoms with Crippen LogP contribution in [0.1, 0.15) is 78.1 Å². The minimum Gasteiger partial charge on any atom is -0.382 e. The Morgan fingerprint density at radius 3 is 1.79 bits per heavy atom. The van der Waals surface area contributed by atoms with Gasteiger partial charge in [-0.3, -0.25) is 0 Å². The summed E-state index contributed by atoms with van der Waals surface area (Å²) in [5, 5.41) is 0. The Balaban J connectivity index is 3.66. The lowest BCUT2D eigenvalue weighted by Crippen LogP contribution is -2.12. The fourth-order valence-corrected chi connectivity index (χ4v) is 2.42. The molecular weight excluding hydrogens is 236 g/mol. The Morgan fingerprint density at radius 1 is 0.737 bits per heavy atom. The topological polar surface area (TPSA) is 18.5 Å². The van der Waals surface area contributed by atoms with E-state index in [4.69, 9.17) is 9.47 Å². The zero-order valence-corrected chi connectivity index (χ0v) is 13.6. The van der Waals surface area contributed by atoms with Crippen LogP contribution in [-0.4, -0.2) is 26.9 Å². The molecule has 0 aromatic carbocycles. The van der Waals surface area contributed by atoms with Crippen molar-refractivity contribution in [1.29, 1.82) is 0 Å². The molecule has 0 radical (unpaired) electrons. The molecule has 0 spiro atoms. The molecule has 0 bridgehead atoms. The molecule has 0 aromatic heterocycles.